The van der Waals surface area contributed by atoms with Gasteiger partial charge in [0.05, 0.1) is 12.3 Å². The predicted octanol–water partition coefficient (Wildman–Crippen LogP) is 3.13. The summed E-state index contributed by atoms with van der Waals surface area (Å²) in [6.45, 7) is 5.16. The lowest BCUT2D eigenvalue weighted by Crippen LogP contribution is -2.01. The monoisotopic (exact) mass is 258 g/mol. The summed E-state index contributed by atoms with van der Waals surface area (Å²) in [5.41, 5.74) is 3.38. The summed E-state index contributed by atoms with van der Waals surface area (Å²) < 4.78 is 1.89. The van der Waals surface area contributed by atoms with Crippen molar-refractivity contribution in [2.75, 3.05) is 0 Å². The van der Waals surface area contributed by atoms with Crippen LogP contribution in [0.3, 0.4) is 0 Å². The molecule has 0 spiro atoms. The van der Waals surface area contributed by atoms with Crippen molar-refractivity contribution in [1.82, 2.24) is 9.78 Å². The molecule has 0 aliphatic rings. The molecule has 0 aliphatic carbocycles. The molecule has 3 nitrogen and oxygen atoms in total. The smallest absolute Gasteiger partial charge is 0.0860 e. The molecule has 2 aromatic rings. The van der Waals surface area contributed by atoms with Crippen LogP contribution in [0.15, 0.2) is 36.7 Å². The topological polar surface area (TPSA) is 38.0 Å². The Morgan fingerprint density at radius 2 is 1.84 bits per heavy atom. The fourth-order valence-corrected chi connectivity index (χ4v) is 2.16. The second-order valence-electron chi connectivity index (χ2n) is 4.93. The highest BCUT2D eigenvalue weighted by molar-refractivity contribution is 5.24. The van der Waals surface area contributed by atoms with Crippen molar-refractivity contribution in [3.63, 3.8) is 0 Å². The summed E-state index contributed by atoms with van der Waals surface area (Å²) in [4.78, 5) is 0. The van der Waals surface area contributed by atoms with Crippen molar-refractivity contribution in [3.05, 3.63) is 53.3 Å². The minimum atomic E-state index is -0.474. The molecule has 19 heavy (non-hydrogen) atoms. The highest BCUT2D eigenvalue weighted by Gasteiger charge is 2.10. The molecule has 1 N–H and O–H groups in total. The molecule has 1 heterocycles. The van der Waals surface area contributed by atoms with Crippen molar-refractivity contribution in [2.45, 2.75) is 45.8 Å². The fourth-order valence-electron chi connectivity index (χ4n) is 2.16. The number of benzene rings is 1. The second kappa shape index (κ2) is 6.53. The van der Waals surface area contributed by atoms with E-state index in [9.17, 15) is 5.11 Å². The van der Waals surface area contributed by atoms with Gasteiger partial charge < -0.3 is 5.11 Å². The van der Waals surface area contributed by atoms with E-state index in [1.54, 1.807) is 6.20 Å². The minimum Gasteiger partial charge on any atom is -0.388 e. The highest BCUT2D eigenvalue weighted by Crippen LogP contribution is 2.18. The summed E-state index contributed by atoms with van der Waals surface area (Å²) in [6, 6.07) is 8.45. The number of aryl methyl sites for hydroxylation is 2. The molecule has 1 aromatic heterocycles. The van der Waals surface area contributed by atoms with Crippen molar-refractivity contribution >= 4 is 0 Å². The molecule has 3 heteroatoms. The molecule has 0 amide bonds. The lowest BCUT2D eigenvalue weighted by molar-refractivity contribution is 0.178. The Bertz CT molecular complexity index is 502. The van der Waals surface area contributed by atoms with Gasteiger partial charge in [-0.3, -0.25) is 4.68 Å². The number of aliphatic hydroxyl groups is 1. The third-order valence-electron chi connectivity index (χ3n) is 3.35. The summed E-state index contributed by atoms with van der Waals surface area (Å²) in [5, 5.41) is 14.5. The van der Waals surface area contributed by atoms with Crippen LogP contribution in [0.5, 0.6) is 0 Å². The largest absolute Gasteiger partial charge is 0.388 e. The summed E-state index contributed by atoms with van der Waals surface area (Å²) in [5.74, 6) is 0. The number of aliphatic hydroxyl groups excluding tert-OH is 1. The van der Waals surface area contributed by atoms with Crippen LogP contribution in [0.2, 0.25) is 0 Å². The van der Waals surface area contributed by atoms with Crippen molar-refractivity contribution in [3.8, 4) is 0 Å². The van der Waals surface area contributed by atoms with Crippen LogP contribution < -0.4 is 0 Å². The zero-order chi connectivity index (χ0) is 13.7. The Kier molecular flexibility index (Phi) is 4.74. The number of hydrogen-bond donors (Lipinski definition) is 1. The zero-order valence-electron chi connectivity index (χ0n) is 11.7. The molecular formula is C16H22N2O. The van der Waals surface area contributed by atoms with Crippen molar-refractivity contribution in [2.24, 2.45) is 0 Å². The van der Waals surface area contributed by atoms with Crippen LogP contribution >= 0.6 is 0 Å². The maximum atomic E-state index is 10.2. The summed E-state index contributed by atoms with van der Waals surface area (Å²) in [7, 11) is 0. The van der Waals surface area contributed by atoms with Crippen LogP contribution in [0.1, 0.15) is 43.1 Å². The van der Waals surface area contributed by atoms with Crippen LogP contribution in [0.4, 0.5) is 0 Å². The quantitative estimate of drug-likeness (QED) is 0.864. The van der Waals surface area contributed by atoms with Gasteiger partial charge in [0.1, 0.15) is 0 Å². The molecule has 0 fully saturated rings. The van der Waals surface area contributed by atoms with E-state index in [0.717, 1.165) is 30.5 Å². The van der Waals surface area contributed by atoms with Crippen LogP contribution in [0.25, 0.3) is 0 Å². The first-order valence-electron chi connectivity index (χ1n) is 7.01. The third-order valence-corrected chi connectivity index (χ3v) is 3.35. The van der Waals surface area contributed by atoms with Gasteiger partial charge in [0.15, 0.2) is 0 Å². The van der Waals surface area contributed by atoms with Gasteiger partial charge in [0, 0.05) is 24.7 Å². The molecule has 102 valence electrons. The van der Waals surface area contributed by atoms with Gasteiger partial charge in [-0.15, -0.1) is 0 Å². The van der Waals surface area contributed by atoms with E-state index in [2.05, 4.69) is 43.2 Å². The van der Waals surface area contributed by atoms with E-state index in [1.165, 1.54) is 5.56 Å². The van der Waals surface area contributed by atoms with Crippen LogP contribution in [-0.4, -0.2) is 14.9 Å². The molecule has 0 saturated carbocycles. The highest BCUT2D eigenvalue weighted by atomic mass is 16.3. The van der Waals surface area contributed by atoms with Gasteiger partial charge in [-0.25, -0.2) is 0 Å². The van der Waals surface area contributed by atoms with E-state index in [4.69, 9.17) is 0 Å². The van der Waals surface area contributed by atoms with E-state index >= 15 is 0 Å². The lowest BCUT2D eigenvalue weighted by atomic mass is 10.0. The Hall–Kier alpha value is -1.61. The number of rotatable bonds is 6. The average molecular weight is 258 g/mol. The Balaban J connectivity index is 2.00. The van der Waals surface area contributed by atoms with Gasteiger partial charge in [-0.1, -0.05) is 38.1 Å². The molecular weight excluding hydrogens is 236 g/mol. The van der Waals surface area contributed by atoms with Crippen molar-refractivity contribution < 1.29 is 5.11 Å². The first kappa shape index (κ1) is 13.8. The summed E-state index contributed by atoms with van der Waals surface area (Å²) in [6.07, 6.45) is 5.97. The molecule has 1 aromatic carbocycles. The predicted molar refractivity (Wildman–Crippen MR) is 77.0 cm³/mol. The fraction of sp³-hybridized carbons (Fsp3) is 0.438. The molecule has 0 bridgehead atoms. The minimum absolute atomic E-state index is 0.474. The van der Waals surface area contributed by atoms with Crippen molar-refractivity contribution in [1.29, 1.82) is 0 Å². The molecule has 0 saturated heterocycles. The number of nitrogens with zero attached hydrogens (tertiary/aromatic N) is 2. The molecule has 2 rings (SSSR count). The van der Waals surface area contributed by atoms with Gasteiger partial charge >= 0.3 is 0 Å². The third kappa shape index (κ3) is 3.67. The average Bonchev–Trinajstić information content (AvgIpc) is 2.89. The maximum Gasteiger partial charge on any atom is 0.0860 e. The van der Waals surface area contributed by atoms with Gasteiger partial charge in [-0.05, 0) is 24.0 Å². The van der Waals surface area contributed by atoms with E-state index < -0.39 is 6.10 Å². The molecule has 0 aliphatic heterocycles. The molecule has 1 unspecified atom stereocenters. The molecule has 1 atom stereocenters. The van der Waals surface area contributed by atoms with Crippen LogP contribution in [0, 0.1) is 0 Å². The first-order valence-corrected chi connectivity index (χ1v) is 7.01. The Labute approximate surface area is 114 Å². The number of hydrogen-bond acceptors (Lipinski definition) is 2. The standard InChI is InChI=1S/C16H22N2O/c1-3-9-18-12-15(11-17-18)16(19)10-14-7-5-13(4-2)6-8-14/h5-8,11-12,16,19H,3-4,9-10H2,1-2H3. The summed E-state index contributed by atoms with van der Waals surface area (Å²) >= 11 is 0. The van der Waals surface area contributed by atoms with E-state index in [0.29, 0.717) is 6.42 Å². The maximum absolute atomic E-state index is 10.2. The molecule has 0 radical (unpaired) electrons. The Morgan fingerprint density at radius 3 is 2.47 bits per heavy atom. The van der Waals surface area contributed by atoms with Crippen LogP contribution in [-0.2, 0) is 19.4 Å². The zero-order valence-corrected chi connectivity index (χ0v) is 11.7. The van der Waals surface area contributed by atoms with E-state index in [-0.39, 0.29) is 0 Å². The first-order chi connectivity index (χ1) is 9.22. The SMILES string of the molecule is CCCn1cc(C(O)Cc2ccc(CC)cc2)cn1. The van der Waals surface area contributed by atoms with E-state index in [1.807, 2.05) is 10.9 Å². The van der Waals surface area contributed by atoms with Gasteiger partial charge in [-0.2, -0.15) is 5.10 Å². The normalized spacial score (nSPS) is 12.6. The van der Waals surface area contributed by atoms with Gasteiger partial charge in [0.25, 0.3) is 0 Å². The number of aromatic nitrogens is 2. The Morgan fingerprint density at radius 1 is 1.16 bits per heavy atom. The van der Waals surface area contributed by atoms with Gasteiger partial charge in [0.2, 0.25) is 0 Å². The second-order valence-corrected chi connectivity index (χ2v) is 4.93. The lowest BCUT2D eigenvalue weighted by Gasteiger charge is -2.09.